The summed E-state index contributed by atoms with van der Waals surface area (Å²) in [5.74, 6) is 0.903. The van der Waals surface area contributed by atoms with E-state index in [2.05, 4.69) is 41.5 Å². The molecule has 20 heavy (non-hydrogen) atoms. The smallest absolute Gasteiger partial charge is 0.118 e. The van der Waals surface area contributed by atoms with Crippen LogP contribution in [0.25, 0.3) is 0 Å². The minimum atomic E-state index is 0.391. The van der Waals surface area contributed by atoms with Crippen LogP contribution in [0.5, 0.6) is 5.75 Å². The summed E-state index contributed by atoms with van der Waals surface area (Å²) in [5, 5.41) is 3.61. The van der Waals surface area contributed by atoms with Crippen molar-refractivity contribution < 1.29 is 4.74 Å². The first-order valence-electron chi connectivity index (χ1n) is 7.09. The molecule has 0 radical (unpaired) electrons. The van der Waals surface area contributed by atoms with Crippen LogP contribution in [0.1, 0.15) is 30.5 Å². The molecular formula is C17H22N2O. The first-order valence-corrected chi connectivity index (χ1v) is 7.09. The van der Waals surface area contributed by atoms with Gasteiger partial charge < -0.3 is 10.1 Å². The van der Waals surface area contributed by atoms with Crippen molar-refractivity contribution in [3.63, 3.8) is 0 Å². The maximum absolute atomic E-state index is 5.20. The van der Waals surface area contributed by atoms with E-state index in [-0.39, 0.29) is 0 Å². The lowest BCUT2D eigenvalue weighted by molar-refractivity contribution is 0.414. The molecule has 0 saturated carbocycles. The Bertz CT molecular complexity index is 496. The van der Waals surface area contributed by atoms with E-state index in [4.69, 9.17) is 4.74 Å². The molecular weight excluding hydrogens is 248 g/mol. The largest absolute Gasteiger partial charge is 0.497 e. The Morgan fingerprint density at radius 1 is 1.10 bits per heavy atom. The average Bonchev–Trinajstić information content (AvgIpc) is 2.53. The predicted molar refractivity (Wildman–Crippen MR) is 82.0 cm³/mol. The minimum Gasteiger partial charge on any atom is -0.497 e. The molecule has 1 heterocycles. The van der Waals surface area contributed by atoms with Gasteiger partial charge in [0.1, 0.15) is 5.75 Å². The van der Waals surface area contributed by atoms with Crippen LogP contribution in [0, 0.1) is 0 Å². The highest BCUT2D eigenvalue weighted by Gasteiger charge is 2.08. The number of benzene rings is 1. The maximum atomic E-state index is 5.20. The van der Waals surface area contributed by atoms with Gasteiger partial charge in [-0.2, -0.15) is 0 Å². The summed E-state index contributed by atoms with van der Waals surface area (Å²) in [5.41, 5.74) is 2.63. The average molecular weight is 270 g/mol. The van der Waals surface area contributed by atoms with Gasteiger partial charge in [0.2, 0.25) is 0 Å². The number of pyridine rings is 1. The molecule has 0 aliphatic heterocycles. The molecule has 3 heteroatoms. The third-order valence-corrected chi connectivity index (χ3v) is 3.48. The second kappa shape index (κ2) is 7.65. The second-order valence-corrected chi connectivity index (χ2v) is 4.79. The van der Waals surface area contributed by atoms with Crippen LogP contribution in [-0.2, 0) is 6.42 Å². The Kier molecular flexibility index (Phi) is 5.56. The lowest BCUT2D eigenvalue weighted by atomic mass is 10.0. The van der Waals surface area contributed by atoms with Gasteiger partial charge in [0.15, 0.2) is 0 Å². The summed E-state index contributed by atoms with van der Waals surface area (Å²) < 4.78 is 5.20. The molecule has 1 atom stereocenters. The molecule has 0 amide bonds. The monoisotopic (exact) mass is 270 g/mol. The summed E-state index contributed by atoms with van der Waals surface area (Å²) in [6.45, 7) is 3.17. The summed E-state index contributed by atoms with van der Waals surface area (Å²) in [4.78, 5) is 4.04. The number of hydrogen-bond acceptors (Lipinski definition) is 3. The number of hydrogen-bond donors (Lipinski definition) is 1. The fourth-order valence-corrected chi connectivity index (χ4v) is 2.27. The molecule has 0 aliphatic rings. The molecule has 0 fully saturated rings. The minimum absolute atomic E-state index is 0.391. The summed E-state index contributed by atoms with van der Waals surface area (Å²) in [6.07, 6.45) is 5.78. The van der Waals surface area contributed by atoms with Crippen LogP contribution in [-0.4, -0.2) is 18.6 Å². The van der Waals surface area contributed by atoms with E-state index >= 15 is 0 Å². The molecule has 106 valence electrons. The van der Waals surface area contributed by atoms with Gasteiger partial charge in [-0.1, -0.05) is 19.1 Å². The highest BCUT2D eigenvalue weighted by atomic mass is 16.5. The number of aromatic nitrogens is 1. The van der Waals surface area contributed by atoms with Gasteiger partial charge in [-0.25, -0.2) is 0 Å². The summed E-state index contributed by atoms with van der Waals surface area (Å²) >= 11 is 0. The van der Waals surface area contributed by atoms with Crippen LogP contribution in [0.4, 0.5) is 0 Å². The molecule has 0 aliphatic carbocycles. The molecule has 1 aromatic carbocycles. The SMILES string of the molecule is CCC(NCCc1ccncc1)c1ccc(OC)cc1. The third kappa shape index (κ3) is 4.07. The third-order valence-electron chi connectivity index (χ3n) is 3.48. The van der Waals surface area contributed by atoms with Crippen molar-refractivity contribution in [3.05, 3.63) is 59.9 Å². The van der Waals surface area contributed by atoms with Gasteiger partial charge >= 0.3 is 0 Å². The van der Waals surface area contributed by atoms with Gasteiger partial charge in [0.25, 0.3) is 0 Å². The van der Waals surface area contributed by atoms with Crippen molar-refractivity contribution in [1.29, 1.82) is 0 Å². The van der Waals surface area contributed by atoms with Crippen molar-refractivity contribution in [2.45, 2.75) is 25.8 Å². The maximum Gasteiger partial charge on any atom is 0.118 e. The first-order chi connectivity index (χ1) is 9.83. The molecule has 1 aromatic heterocycles. The highest BCUT2D eigenvalue weighted by Crippen LogP contribution is 2.19. The molecule has 2 rings (SSSR count). The van der Waals surface area contributed by atoms with Crippen molar-refractivity contribution in [2.75, 3.05) is 13.7 Å². The molecule has 0 saturated heterocycles. The van der Waals surface area contributed by atoms with Crippen molar-refractivity contribution in [2.24, 2.45) is 0 Å². The van der Waals surface area contributed by atoms with Crippen molar-refractivity contribution >= 4 is 0 Å². The molecule has 1 unspecified atom stereocenters. The van der Waals surface area contributed by atoms with E-state index in [1.54, 1.807) is 7.11 Å². The Balaban J connectivity index is 1.88. The van der Waals surface area contributed by atoms with Crippen LogP contribution in [0.15, 0.2) is 48.8 Å². The lowest BCUT2D eigenvalue weighted by Crippen LogP contribution is -2.23. The topological polar surface area (TPSA) is 34.2 Å². The fraction of sp³-hybridized carbons (Fsp3) is 0.353. The number of nitrogens with one attached hydrogen (secondary N) is 1. The van der Waals surface area contributed by atoms with E-state index in [0.717, 1.165) is 25.1 Å². The van der Waals surface area contributed by atoms with Crippen LogP contribution >= 0.6 is 0 Å². The Morgan fingerprint density at radius 3 is 2.40 bits per heavy atom. The van der Waals surface area contributed by atoms with Crippen molar-refractivity contribution in [1.82, 2.24) is 10.3 Å². The van der Waals surface area contributed by atoms with Gasteiger partial charge in [-0.05, 0) is 54.8 Å². The van der Waals surface area contributed by atoms with E-state index in [1.807, 2.05) is 24.5 Å². The zero-order valence-electron chi connectivity index (χ0n) is 12.2. The number of nitrogens with zero attached hydrogens (tertiary/aromatic N) is 1. The van der Waals surface area contributed by atoms with E-state index < -0.39 is 0 Å². The summed E-state index contributed by atoms with van der Waals surface area (Å²) in [6, 6.07) is 12.8. The standard InChI is InChI=1S/C17H22N2O/c1-3-17(15-4-6-16(20-2)7-5-15)19-13-10-14-8-11-18-12-9-14/h4-9,11-12,17,19H,3,10,13H2,1-2H3. The highest BCUT2D eigenvalue weighted by molar-refractivity contribution is 5.29. The molecule has 2 aromatic rings. The molecule has 0 spiro atoms. The van der Waals surface area contributed by atoms with Gasteiger partial charge in [0.05, 0.1) is 7.11 Å². The van der Waals surface area contributed by atoms with Gasteiger partial charge in [-0.3, -0.25) is 4.98 Å². The fourth-order valence-electron chi connectivity index (χ4n) is 2.27. The zero-order valence-corrected chi connectivity index (χ0v) is 12.2. The Hall–Kier alpha value is -1.87. The van der Waals surface area contributed by atoms with E-state index in [1.165, 1.54) is 11.1 Å². The van der Waals surface area contributed by atoms with Crippen LogP contribution in [0.3, 0.4) is 0 Å². The summed E-state index contributed by atoms with van der Waals surface area (Å²) in [7, 11) is 1.69. The van der Waals surface area contributed by atoms with E-state index in [0.29, 0.717) is 6.04 Å². The van der Waals surface area contributed by atoms with Crippen LogP contribution < -0.4 is 10.1 Å². The zero-order chi connectivity index (χ0) is 14.2. The number of methoxy groups -OCH3 is 1. The quantitative estimate of drug-likeness (QED) is 0.837. The van der Waals surface area contributed by atoms with E-state index in [9.17, 15) is 0 Å². The second-order valence-electron chi connectivity index (χ2n) is 4.79. The Labute approximate surface area is 121 Å². The predicted octanol–water partition coefficient (Wildman–Crippen LogP) is 3.37. The first kappa shape index (κ1) is 14.5. The van der Waals surface area contributed by atoms with Crippen molar-refractivity contribution in [3.8, 4) is 5.75 Å². The van der Waals surface area contributed by atoms with Gasteiger partial charge in [0, 0.05) is 18.4 Å². The number of rotatable bonds is 7. The normalized spacial score (nSPS) is 12.1. The molecule has 0 bridgehead atoms. The van der Waals surface area contributed by atoms with Crippen LogP contribution in [0.2, 0.25) is 0 Å². The number of ether oxygens (including phenoxy) is 1. The molecule has 1 N–H and O–H groups in total. The van der Waals surface area contributed by atoms with Gasteiger partial charge in [-0.15, -0.1) is 0 Å². The molecule has 3 nitrogen and oxygen atoms in total. The lowest BCUT2D eigenvalue weighted by Gasteiger charge is -2.17. The Morgan fingerprint density at radius 2 is 1.80 bits per heavy atom.